The topological polar surface area (TPSA) is 94.8 Å². The number of hydrogen-bond donors (Lipinski definition) is 1. The summed E-state index contributed by atoms with van der Waals surface area (Å²) in [5, 5.41) is 12.3. The highest BCUT2D eigenvalue weighted by molar-refractivity contribution is 5.92. The lowest BCUT2D eigenvalue weighted by Gasteiger charge is -2.17. The Morgan fingerprint density at radius 1 is 1.18 bits per heavy atom. The van der Waals surface area contributed by atoms with E-state index in [9.17, 15) is 10.1 Å². The van der Waals surface area contributed by atoms with Gasteiger partial charge in [0, 0.05) is 31.7 Å². The standard InChI is InChI=1S/C21H20N6O/c1-15-13-19(20(28)27(2)12-9-16-7-10-23-11-8-16)26-21(24-15)25-18-6-4-3-5-17(18)14-22/h3-8,10-11,13H,9,12H2,1-2H3,(H,24,25,26). The molecule has 0 saturated carbocycles. The Morgan fingerprint density at radius 3 is 2.68 bits per heavy atom. The van der Waals surface area contributed by atoms with Crippen molar-refractivity contribution in [3.63, 3.8) is 0 Å². The molecule has 2 heterocycles. The first kappa shape index (κ1) is 19.0. The first-order valence-electron chi connectivity index (χ1n) is 8.83. The SMILES string of the molecule is Cc1cc(C(=O)N(C)CCc2ccncc2)nc(Nc2ccccc2C#N)n1. The number of nitriles is 1. The van der Waals surface area contributed by atoms with Gasteiger partial charge in [0.05, 0.1) is 11.3 Å². The molecule has 0 aliphatic heterocycles. The van der Waals surface area contributed by atoms with Gasteiger partial charge in [-0.25, -0.2) is 9.97 Å². The number of hydrogen-bond acceptors (Lipinski definition) is 6. The van der Waals surface area contributed by atoms with Gasteiger partial charge in [-0.3, -0.25) is 9.78 Å². The number of rotatable bonds is 6. The van der Waals surface area contributed by atoms with Gasteiger partial charge in [0.1, 0.15) is 11.8 Å². The summed E-state index contributed by atoms with van der Waals surface area (Å²) in [5.74, 6) is 0.102. The Bertz CT molecular complexity index is 1010. The van der Waals surface area contributed by atoms with Crippen LogP contribution in [-0.2, 0) is 6.42 Å². The zero-order chi connectivity index (χ0) is 19.9. The number of aromatic nitrogens is 3. The van der Waals surface area contributed by atoms with E-state index in [1.807, 2.05) is 18.2 Å². The molecule has 1 N–H and O–H groups in total. The number of nitrogens with zero attached hydrogens (tertiary/aromatic N) is 5. The quantitative estimate of drug-likeness (QED) is 0.714. The number of carbonyl (C=O) groups excluding carboxylic acids is 1. The molecule has 0 aliphatic carbocycles. The molecule has 28 heavy (non-hydrogen) atoms. The number of nitrogens with one attached hydrogen (secondary N) is 1. The Morgan fingerprint density at radius 2 is 1.93 bits per heavy atom. The molecule has 1 aromatic carbocycles. The molecule has 0 radical (unpaired) electrons. The highest BCUT2D eigenvalue weighted by Gasteiger charge is 2.16. The molecule has 0 spiro atoms. The van der Waals surface area contributed by atoms with Crippen LogP contribution in [0.15, 0.2) is 54.9 Å². The smallest absolute Gasteiger partial charge is 0.272 e. The third-order valence-electron chi connectivity index (χ3n) is 4.20. The largest absolute Gasteiger partial charge is 0.340 e. The summed E-state index contributed by atoms with van der Waals surface area (Å²) in [6.45, 7) is 2.36. The molecule has 2 aromatic heterocycles. The van der Waals surface area contributed by atoms with E-state index >= 15 is 0 Å². The van der Waals surface area contributed by atoms with E-state index in [4.69, 9.17) is 0 Å². The van der Waals surface area contributed by atoms with E-state index in [0.717, 1.165) is 12.0 Å². The van der Waals surface area contributed by atoms with Crippen LogP contribution in [0.2, 0.25) is 0 Å². The van der Waals surface area contributed by atoms with Crippen LogP contribution < -0.4 is 5.32 Å². The summed E-state index contributed by atoms with van der Waals surface area (Å²) in [7, 11) is 1.75. The van der Waals surface area contributed by atoms with Crippen LogP contribution in [-0.4, -0.2) is 39.4 Å². The van der Waals surface area contributed by atoms with Crippen molar-refractivity contribution < 1.29 is 4.79 Å². The second-order valence-electron chi connectivity index (χ2n) is 6.33. The highest BCUT2D eigenvalue weighted by atomic mass is 16.2. The molecule has 0 saturated heterocycles. The zero-order valence-electron chi connectivity index (χ0n) is 15.8. The van der Waals surface area contributed by atoms with Crippen LogP contribution in [0, 0.1) is 18.3 Å². The molecule has 0 aliphatic rings. The molecule has 140 valence electrons. The van der Waals surface area contributed by atoms with Gasteiger partial charge in [0.15, 0.2) is 0 Å². The maximum atomic E-state index is 12.8. The van der Waals surface area contributed by atoms with Crippen molar-refractivity contribution in [3.8, 4) is 6.07 Å². The molecule has 0 unspecified atom stereocenters. The van der Waals surface area contributed by atoms with Crippen molar-refractivity contribution in [2.45, 2.75) is 13.3 Å². The minimum absolute atomic E-state index is 0.184. The summed E-state index contributed by atoms with van der Waals surface area (Å²) < 4.78 is 0. The number of pyridine rings is 1. The number of benzene rings is 1. The molecule has 1 amide bonds. The fourth-order valence-electron chi connectivity index (χ4n) is 2.69. The van der Waals surface area contributed by atoms with Crippen LogP contribution >= 0.6 is 0 Å². The summed E-state index contributed by atoms with van der Waals surface area (Å²) in [6.07, 6.45) is 4.21. The van der Waals surface area contributed by atoms with Crippen molar-refractivity contribution in [1.29, 1.82) is 5.26 Å². The maximum absolute atomic E-state index is 12.8. The van der Waals surface area contributed by atoms with Gasteiger partial charge in [-0.15, -0.1) is 0 Å². The minimum Gasteiger partial charge on any atom is -0.340 e. The number of aryl methyl sites for hydroxylation is 1. The first-order valence-corrected chi connectivity index (χ1v) is 8.83. The average molecular weight is 372 g/mol. The molecule has 3 aromatic rings. The van der Waals surface area contributed by atoms with Crippen molar-refractivity contribution >= 4 is 17.5 Å². The lowest BCUT2D eigenvalue weighted by atomic mass is 10.2. The van der Waals surface area contributed by atoms with Gasteiger partial charge in [0.2, 0.25) is 5.95 Å². The number of anilines is 2. The minimum atomic E-state index is -0.184. The second-order valence-corrected chi connectivity index (χ2v) is 6.33. The Balaban J connectivity index is 1.75. The molecule has 7 heteroatoms. The van der Waals surface area contributed by atoms with Crippen molar-refractivity contribution in [1.82, 2.24) is 19.9 Å². The van der Waals surface area contributed by atoms with Crippen LogP contribution in [0.1, 0.15) is 27.3 Å². The van der Waals surface area contributed by atoms with Crippen molar-refractivity contribution in [3.05, 3.63) is 77.4 Å². The zero-order valence-corrected chi connectivity index (χ0v) is 15.8. The van der Waals surface area contributed by atoms with Crippen LogP contribution in [0.4, 0.5) is 11.6 Å². The van der Waals surface area contributed by atoms with Gasteiger partial charge >= 0.3 is 0 Å². The van der Waals surface area contributed by atoms with Crippen molar-refractivity contribution in [2.75, 3.05) is 18.9 Å². The van der Waals surface area contributed by atoms with E-state index in [-0.39, 0.29) is 11.9 Å². The van der Waals surface area contributed by atoms with Crippen LogP contribution in [0.3, 0.4) is 0 Å². The second kappa shape index (κ2) is 8.73. The van der Waals surface area contributed by atoms with Crippen LogP contribution in [0.5, 0.6) is 0 Å². The van der Waals surface area contributed by atoms with E-state index in [0.29, 0.717) is 29.2 Å². The number of carbonyl (C=O) groups is 1. The van der Waals surface area contributed by atoms with Gasteiger partial charge < -0.3 is 10.2 Å². The predicted octanol–water partition coefficient (Wildman–Crippen LogP) is 3.11. The highest BCUT2D eigenvalue weighted by Crippen LogP contribution is 2.18. The fourth-order valence-corrected chi connectivity index (χ4v) is 2.69. The fraction of sp³-hybridized carbons (Fsp3) is 0.190. The summed E-state index contributed by atoms with van der Waals surface area (Å²) in [6, 6.07) is 14.7. The van der Waals surface area contributed by atoms with Gasteiger partial charge in [0.25, 0.3) is 5.91 Å². The van der Waals surface area contributed by atoms with E-state index in [1.165, 1.54) is 0 Å². The molecule has 0 bridgehead atoms. The Labute approximate surface area is 163 Å². The monoisotopic (exact) mass is 372 g/mol. The number of amides is 1. The summed E-state index contributed by atoms with van der Waals surface area (Å²) >= 11 is 0. The van der Waals surface area contributed by atoms with Gasteiger partial charge in [-0.1, -0.05) is 12.1 Å². The van der Waals surface area contributed by atoms with Gasteiger partial charge in [-0.05, 0) is 49.2 Å². The molecule has 0 fully saturated rings. The van der Waals surface area contributed by atoms with Crippen LogP contribution in [0.25, 0.3) is 0 Å². The van der Waals surface area contributed by atoms with Crippen molar-refractivity contribution in [2.24, 2.45) is 0 Å². The Hall–Kier alpha value is -3.79. The number of para-hydroxylation sites is 1. The molecular weight excluding hydrogens is 352 g/mol. The average Bonchev–Trinajstić information content (AvgIpc) is 2.72. The molecule has 0 atom stereocenters. The lowest BCUT2D eigenvalue weighted by Crippen LogP contribution is -2.30. The third kappa shape index (κ3) is 4.68. The molecule has 3 rings (SSSR count). The number of likely N-dealkylation sites (N-methyl/N-ethyl adjacent to an activating group) is 1. The molecule has 7 nitrogen and oxygen atoms in total. The molecular formula is C21H20N6O. The lowest BCUT2D eigenvalue weighted by molar-refractivity contribution is 0.0790. The van der Waals surface area contributed by atoms with E-state index < -0.39 is 0 Å². The van der Waals surface area contributed by atoms with E-state index in [2.05, 4.69) is 26.3 Å². The first-order chi connectivity index (χ1) is 13.6. The van der Waals surface area contributed by atoms with E-state index in [1.54, 1.807) is 55.5 Å². The van der Waals surface area contributed by atoms with Gasteiger partial charge in [-0.2, -0.15) is 5.26 Å². The summed E-state index contributed by atoms with van der Waals surface area (Å²) in [5.41, 5.74) is 3.17. The Kier molecular flexibility index (Phi) is 5.92. The summed E-state index contributed by atoms with van der Waals surface area (Å²) in [4.78, 5) is 27.1. The predicted molar refractivity (Wildman–Crippen MR) is 106 cm³/mol. The third-order valence-corrected chi connectivity index (χ3v) is 4.20. The maximum Gasteiger partial charge on any atom is 0.272 e. The normalized spacial score (nSPS) is 10.2.